The number of halogens is 1. The number of aryl methyl sites for hydroxylation is 1. The summed E-state index contributed by atoms with van der Waals surface area (Å²) in [5, 5.41) is 6.75. The fraction of sp³-hybridized carbons (Fsp3) is 0.552. The molecule has 0 unspecified atom stereocenters. The van der Waals surface area contributed by atoms with Gasteiger partial charge in [-0.2, -0.15) is 5.10 Å². The molecule has 6 nitrogen and oxygen atoms in total. The Hall–Kier alpha value is -2.64. The quantitative estimate of drug-likeness (QED) is 0.453. The van der Waals surface area contributed by atoms with E-state index in [4.69, 9.17) is 0 Å². The van der Waals surface area contributed by atoms with E-state index in [1.165, 1.54) is 30.5 Å². The predicted molar refractivity (Wildman–Crippen MR) is 142 cm³/mol. The first kappa shape index (κ1) is 25.0. The fourth-order valence-corrected chi connectivity index (χ4v) is 5.79. The lowest BCUT2D eigenvalue weighted by atomic mass is 9.90. The van der Waals surface area contributed by atoms with Crippen LogP contribution in [-0.4, -0.2) is 69.2 Å². The molecule has 0 bridgehead atoms. The van der Waals surface area contributed by atoms with Crippen molar-refractivity contribution in [1.82, 2.24) is 24.6 Å². The smallest absolute Gasteiger partial charge is 0.142 e. The van der Waals surface area contributed by atoms with E-state index in [1.807, 2.05) is 24.1 Å². The predicted octanol–water partition coefficient (Wildman–Crippen LogP) is 4.80. The van der Waals surface area contributed by atoms with E-state index in [0.717, 1.165) is 67.6 Å². The number of fused-ring (bicyclic) bond motifs is 1. The number of rotatable bonds is 8. The van der Waals surface area contributed by atoms with Crippen molar-refractivity contribution in [2.45, 2.75) is 58.2 Å². The fourth-order valence-electron chi connectivity index (χ4n) is 5.79. The Labute approximate surface area is 213 Å². The molecular weight excluding hydrogens is 453 g/mol. The number of hydrogen-bond acceptors (Lipinski definition) is 5. The minimum absolute atomic E-state index is 0.0488. The molecule has 0 spiro atoms. The molecule has 2 fully saturated rings. The zero-order valence-electron chi connectivity index (χ0n) is 21.6. The van der Waals surface area contributed by atoms with E-state index in [1.54, 1.807) is 6.92 Å². The van der Waals surface area contributed by atoms with Gasteiger partial charge in [-0.15, -0.1) is 0 Å². The number of hydrogen-bond donors (Lipinski definition) is 0. The average molecular weight is 492 g/mol. The first-order valence-electron chi connectivity index (χ1n) is 13.5. The number of carbonyl (C=O) groups is 1. The highest BCUT2D eigenvalue weighted by Crippen LogP contribution is 2.29. The lowest BCUT2D eigenvalue weighted by Gasteiger charge is -2.31. The van der Waals surface area contributed by atoms with Gasteiger partial charge in [0.25, 0.3) is 0 Å². The van der Waals surface area contributed by atoms with Crippen LogP contribution in [0.15, 0.2) is 36.7 Å². The molecule has 1 atom stereocenters. The molecule has 2 saturated heterocycles. The highest BCUT2D eigenvalue weighted by molar-refractivity contribution is 5.89. The number of likely N-dealkylation sites (tertiary alicyclic amines) is 2. The minimum atomic E-state index is -0.823. The van der Waals surface area contributed by atoms with E-state index in [0.29, 0.717) is 13.0 Å². The molecule has 1 aromatic carbocycles. The molecule has 192 valence electrons. The van der Waals surface area contributed by atoms with E-state index < -0.39 is 6.17 Å². The highest BCUT2D eigenvalue weighted by Gasteiger charge is 2.26. The highest BCUT2D eigenvalue weighted by atomic mass is 19.1. The van der Waals surface area contributed by atoms with Crippen molar-refractivity contribution in [3.8, 4) is 11.1 Å². The number of Topliss-reactive ketones (excluding diaryl/α,β-unsaturated/α-hetero) is 1. The van der Waals surface area contributed by atoms with Crippen molar-refractivity contribution in [1.29, 1.82) is 0 Å². The third-order valence-electron chi connectivity index (χ3n) is 7.88. The molecule has 7 heteroatoms. The molecular formula is C29H38FN5O. The van der Waals surface area contributed by atoms with Crippen LogP contribution in [0.4, 0.5) is 4.39 Å². The number of pyridine rings is 1. The van der Waals surface area contributed by atoms with Crippen LogP contribution in [0.5, 0.6) is 0 Å². The van der Waals surface area contributed by atoms with Gasteiger partial charge in [0.05, 0.1) is 11.9 Å². The molecule has 2 aliphatic heterocycles. The van der Waals surface area contributed by atoms with Crippen LogP contribution in [0, 0.1) is 5.92 Å². The maximum Gasteiger partial charge on any atom is 0.142 e. The molecule has 2 aromatic heterocycles. The molecule has 0 aliphatic carbocycles. The number of nitrogens with zero attached hydrogens (tertiary/aromatic N) is 5. The van der Waals surface area contributed by atoms with Gasteiger partial charge in [-0.3, -0.25) is 19.4 Å². The third kappa shape index (κ3) is 5.84. The Balaban J connectivity index is 1.30. The largest absolute Gasteiger partial charge is 0.300 e. The maximum absolute atomic E-state index is 13.3. The van der Waals surface area contributed by atoms with Crippen molar-refractivity contribution in [3.63, 3.8) is 0 Å². The summed E-state index contributed by atoms with van der Waals surface area (Å²) in [6.07, 6.45) is 8.88. The van der Waals surface area contributed by atoms with Crippen LogP contribution in [-0.2, 0) is 24.8 Å². The Morgan fingerprint density at radius 3 is 2.56 bits per heavy atom. The number of ketones is 1. The average Bonchev–Trinajstić information content (AvgIpc) is 3.24. The number of piperidine rings is 2. The second-order valence-electron chi connectivity index (χ2n) is 10.7. The zero-order chi connectivity index (χ0) is 25.1. The van der Waals surface area contributed by atoms with E-state index in [2.05, 4.69) is 44.1 Å². The zero-order valence-corrected chi connectivity index (χ0v) is 21.6. The van der Waals surface area contributed by atoms with Gasteiger partial charge in [0.15, 0.2) is 0 Å². The van der Waals surface area contributed by atoms with Gasteiger partial charge >= 0.3 is 0 Å². The van der Waals surface area contributed by atoms with E-state index >= 15 is 0 Å². The number of alkyl halides is 1. The Kier molecular flexibility index (Phi) is 7.77. The maximum atomic E-state index is 13.3. The monoisotopic (exact) mass is 491 g/mol. The summed E-state index contributed by atoms with van der Waals surface area (Å²) in [7, 11) is 2.03. The molecule has 5 rings (SSSR count). The van der Waals surface area contributed by atoms with Crippen LogP contribution in [0.2, 0.25) is 0 Å². The molecule has 0 saturated carbocycles. The molecule has 4 heterocycles. The first-order valence-corrected chi connectivity index (χ1v) is 13.5. The second kappa shape index (κ2) is 11.2. The number of benzene rings is 1. The van der Waals surface area contributed by atoms with Crippen LogP contribution in [0.25, 0.3) is 21.9 Å². The summed E-state index contributed by atoms with van der Waals surface area (Å²) in [6, 6.07) is 8.54. The van der Waals surface area contributed by atoms with E-state index in [-0.39, 0.29) is 11.7 Å². The normalized spacial score (nSPS) is 19.1. The van der Waals surface area contributed by atoms with Crippen molar-refractivity contribution < 1.29 is 9.18 Å². The van der Waals surface area contributed by atoms with Gasteiger partial charge < -0.3 is 4.90 Å². The van der Waals surface area contributed by atoms with Crippen molar-refractivity contribution >= 4 is 16.6 Å². The molecule has 3 aromatic rings. The van der Waals surface area contributed by atoms with Crippen molar-refractivity contribution in [2.75, 3.05) is 32.7 Å². The Morgan fingerprint density at radius 1 is 1.03 bits per heavy atom. The van der Waals surface area contributed by atoms with Gasteiger partial charge in [0.2, 0.25) is 0 Å². The van der Waals surface area contributed by atoms with Crippen LogP contribution in [0.1, 0.15) is 50.4 Å². The van der Waals surface area contributed by atoms with Crippen LogP contribution < -0.4 is 0 Å². The van der Waals surface area contributed by atoms with Gasteiger partial charge in [0, 0.05) is 55.3 Å². The van der Waals surface area contributed by atoms with E-state index in [9.17, 15) is 9.18 Å². The third-order valence-corrected chi connectivity index (χ3v) is 7.88. The molecule has 2 aliphatic rings. The summed E-state index contributed by atoms with van der Waals surface area (Å²) in [5.41, 5.74) is 4.40. The second-order valence-corrected chi connectivity index (χ2v) is 10.7. The molecule has 36 heavy (non-hydrogen) atoms. The Morgan fingerprint density at radius 2 is 1.81 bits per heavy atom. The summed E-state index contributed by atoms with van der Waals surface area (Å²) in [5.74, 6) is 0.301. The standard InChI is InChI=1S/C29H38FN5O/c1-21(30)19-35-12-8-22(9-13-35)29(36)16-26-15-25-14-23(6-7-24(25)17-31-26)27-18-32-33(2)28(27)20-34-10-4-3-5-11-34/h6-7,14-15,17-18,21-22H,3-5,8-13,16,19-20H2,1-2H3/t21-/m0/s1. The molecule has 0 amide bonds. The summed E-state index contributed by atoms with van der Waals surface area (Å²) in [4.78, 5) is 22.3. The lowest BCUT2D eigenvalue weighted by Crippen LogP contribution is -2.39. The van der Waals surface area contributed by atoms with Crippen LogP contribution in [0.3, 0.4) is 0 Å². The summed E-state index contributed by atoms with van der Waals surface area (Å²) < 4.78 is 15.3. The molecule has 0 N–H and O–H groups in total. The van der Waals surface area contributed by atoms with Gasteiger partial charge in [-0.05, 0) is 81.9 Å². The minimum Gasteiger partial charge on any atom is -0.300 e. The number of aromatic nitrogens is 3. The molecule has 0 radical (unpaired) electrons. The van der Waals surface area contributed by atoms with Gasteiger partial charge in [-0.1, -0.05) is 18.6 Å². The summed E-state index contributed by atoms with van der Waals surface area (Å²) >= 11 is 0. The Bertz CT molecular complexity index is 1190. The topological polar surface area (TPSA) is 54.3 Å². The lowest BCUT2D eigenvalue weighted by molar-refractivity contribution is -0.123. The van der Waals surface area contributed by atoms with Crippen LogP contribution >= 0.6 is 0 Å². The van der Waals surface area contributed by atoms with Crippen molar-refractivity contribution in [2.24, 2.45) is 13.0 Å². The van der Waals surface area contributed by atoms with Crippen molar-refractivity contribution in [3.05, 3.63) is 48.0 Å². The first-order chi connectivity index (χ1) is 17.5. The van der Waals surface area contributed by atoms with Gasteiger partial charge in [0.1, 0.15) is 12.0 Å². The number of carbonyl (C=O) groups excluding carboxylic acids is 1. The SMILES string of the molecule is C[C@H](F)CN1CCC(C(=O)Cc2cc3cc(-c4cnn(C)c4CN4CCCCC4)ccc3cn2)CC1. The van der Waals surface area contributed by atoms with Gasteiger partial charge in [-0.25, -0.2) is 4.39 Å². The summed E-state index contributed by atoms with van der Waals surface area (Å²) in [6.45, 7) is 6.87.